The molecule has 0 saturated carbocycles. The highest BCUT2D eigenvalue weighted by Crippen LogP contribution is 2.27. The van der Waals surface area contributed by atoms with Crippen LogP contribution in [0.5, 0.6) is 0 Å². The number of carbonyl (C=O) groups excluding carboxylic acids is 1. The van der Waals surface area contributed by atoms with Gasteiger partial charge in [0.15, 0.2) is 0 Å². The van der Waals surface area contributed by atoms with E-state index in [1.54, 1.807) is 12.3 Å². The summed E-state index contributed by atoms with van der Waals surface area (Å²) in [6, 6.07) is 12.1. The SMILES string of the molecule is Nc1c[nH]c(C(=O)N2CCC(c3ccccc3)C2)c1. The van der Waals surface area contributed by atoms with Crippen molar-refractivity contribution in [2.75, 3.05) is 18.8 Å². The number of benzene rings is 1. The maximum Gasteiger partial charge on any atom is 0.270 e. The van der Waals surface area contributed by atoms with Gasteiger partial charge in [-0.3, -0.25) is 4.79 Å². The molecule has 2 aromatic rings. The Morgan fingerprint density at radius 1 is 1.32 bits per heavy atom. The standard InChI is InChI=1S/C15H17N3O/c16-13-8-14(17-9-13)15(19)18-7-6-12(10-18)11-4-2-1-3-5-11/h1-5,8-9,12,17H,6-7,10,16H2. The van der Waals surface area contributed by atoms with Gasteiger partial charge >= 0.3 is 0 Å². The molecular formula is C15H17N3O. The van der Waals surface area contributed by atoms with E-state index in [1.807, 2.05) is 23.1 Å². The second-order valence-electron chi connectivity index (χ2n) is 4.99. The van der Waals surface area contributed by atoms with Crippen LogP contribution in [-0.4, -0.2) is 28.9 Å². The molecule has 1 saturated heterocycles. The first-order valence-corrected chi connectivity index (χ1v) is 6.52. The monoisotopic (exact) mass is 255 g/mol. The van der Waals surface area contributed by atoms with E-state index in [0.29, 0.717) is 17.3 Å². The molecule has 0 aliphatic carbocycles. The fourth-order valence-electron chi connectivity index (χ4n) is 2.65. The first-order valence-electron chi connectivity index (χ1n) is 6.52. The van der Waals surface area contributed by atoms with Gasteiger partial charge in [-0.25, -0.2) is 0 Å². The first-order chi connectivity index (χ1) is 9.24. The number of amides is 1. The molecule has 3 N–H and O–H groups in total. The zero-order chi connectivity index (χ0) is 13.2. The molecule has 1 aromatic carbocycles. The third-order valence-corrected chi connectivity index (χ3v) is 3.68. The van der Waals surface area contributed by atoms with Crippen molar-refractivity contribution in [1.29, 1.82) is 0 Å². The topological polar surface area (TPSA) is 62.1 Å². The summed E-state index contributed by atoms with van der Waals surface area (Å²) in [4.78, 5) is 17.1. The number of anilines is 1. The van der Waals surface area contributed by atoms with Crippen LogP contribution in [0, 0.1) is 0 Å². The van der Waals surface area contributed by atoms with Crippen molar-refractivity contribution in [2.24, 2.45) is 0 Å². The Kier molecular flexibility index (Phi) is 2.99. The number of hydrogen-bond donors (Lipinski definition) is 2. The highest BCUT2D eigenvalue weighted by Gasteiger charge is 2.28. The van der Waals surface area contributed by atoms with E-state index in [9.17, 15) is 4.79 Å². The molecule has 1 atom stereocenters. The lowest BCUT2D eigenvalue weighted by atomic mass is 9.99. The molecule has 2 heterocycles. The van der Waals surface area contributed by atoms with Crippen molar-refractivity contribution < 1.29 is 4.79 Å². The Balaban J connectivity index is 1.71. The van der Waals surface area contributed by atoms with Gasteiger partial charge in [-0.15, -0.1) is 0 Å². The van der Waals surface area contributed by atoms with Gasteiger partial charge in [0.05, 0.1) is 0 Å². The molecule has 1 aliphatic heterocycles. The molecule has 0 radical (unpaired) electrons. The lowest BCUT2D eigenvalue weighted by Gasteiger charge is -2.15. The Morgan fingerprint density at radius 3 is 2.79 bits per heavy atom. The van der Waals surface area contributed by atoms with Crippen LogP contribution in [0.15, 0.2) is 42.6 Å². The Hall–Kier alpha value is -2.23. The van der Waals surface area contributed by atoms with E-state index < -0.39 is 0 Å². The Labute approximate surface area is 112 Å². The summed E-state index contributed by atoms with van der Waals surface area (Å²) in [6.45, 7) is 1.58. The van der Waals surface area contributed by atoms with E-state index in [4.69, 9.17) is 5.73 Å². The van der Waals surface area contributed by atoms with Crippen molar-refractivity contribution in [3.63, 3.8) is 0 Å². The molecule has 1 aromatic heterocycles. The molecule has 1 amide bonds. The van der Waals surface area contributed by atoms with Gasteiger partial charge in [0, 0.05) is 30.9 Å². The number of carbonyl (C=O) groups is 1. The minimum Gasteiger partial charge on any atom is -0.397 e. The van der Waals surface area contributed by atoms with Crippen LogP contribution in [0.2, 0.25) is 0 Å². The molecule has 19 heavy (non-hydrogen) atoms. The van der Waals surface area contributed by atoms with Crippen LogP contribution in [-0.2, 0) is 0 Å². The van der Waals surface area contributed by atoms with Crippen LogP contribution in [0.3, 0.4) is 0 Å². The number of nitrogens with one attached hydrogen (secondary N) is 1. The number of nitrogen functional groups attached to an aromatic ring is 1. The van der Waals surface area contributed by atoms with Gasteiger partial charge in [-0.05, 0) is 18.1 Å². The van der Waals surface area contributed by atoms with Gasteiger partial charge in [0.1, 0.15) is 5.69 Å². The molecule has 98 valence electrons. The number of hydrogen-bond acceptors (Lipinski definition) is 2. The minimum absolute atomic E-state index is 0.0372. The van der Waals surface area contributed by atoms with Gasteiger partial charge < -0.3 is 15.6 Å². The summed E-state index contributed by atoms with van der Waals surface area (Å²) in [5.41, 5.74) is 8.11. The van der Waals surface area contributed by atoms with Crippen molar-refractivity contribution >= 4 is 11.6 Å². The predicted octanol–water partition coefficient (Wildman–Crippen LogP) is 2.23. The highest BCUT2D eigenvalue weighted by molar-refractivity contribution is 5.93. The number of aromatic nitrogens is 1. The fourth-order valence-corrected chi connectivity index (χ4v) is 2.65. The second kappa shape index (κ2) is 4.80. The third kappa shape index (κ3) is 2.34. The molecule has 4 nitrogen and oxygen atoms in total. The summed E-state index contributed by atoms with van der Waals surface area (Å²) >= 11 is 0. The van der Waals surface area contributed by atoms with Crippen LogP contribution >= 0.6 is 0 Å². The third-order valence-electron chi connectivity index (χ3n) is 3.68. The smallest absolute Gasteiger partial charge is 0.270 e. The number of nitrogens with zero attached hydrogens (tertiary/aromatic N) is 1. The fraction of sp³-hybridized carbons (Fsp3) is 0.267. The summed E-state index contributed by atoms with van der Waals surface area (Å²) in [5, 5.41) is 0. The average Bonchev–Trinajstić information content (AvgIpc) is 3.08. The van der Waals surface area contributed by atoms with E-state index in [0.717, 1.165) is 19.5 Å². The van der Waals surface area contributed by atoms with Crippen LogP contribution in [0.1, 0.15) is 28.4 Å². The van der Waals surface area contributed by atoms with Crippen molar-refractivity contribution in [1.82, 2.24) is 9.88 Å². The van der Waals surface area contributed by atoms with E-state index in [-0.39, 0.29) is 5.91 Å². The van der Waals surface area contributed by atoms with E-state index in [2.05, 4.69) is 17.1 Å². The lowest BCUT2D eigenvalue weighted by molar-refractivity contribution is 0.0785. The molecule has 0 spiro atoms. The maximum atomic E-state index is 12.3. The number of nitrogens with two attached hydrogens (primary N) is 1. The zero-order valence-corrected chi connectivity index (χ0v) is 10.7. The number of likely N-dealkylation sites (tertiary alicyclic amines) is 1. The molecule has 1 unspecified atom stereocenters. The van der Waals surface area contributed by atoms with Gasteiger partial charge in [-0.2, -0.15) is 0 Å². The normalized spacial score (nSPS) is 18.7. The van der Waals surface area contributed by atoms with Gasteiger partial charge in [0.2, 0.25) is 0 Å². The first kappa shape index (κ1) is 11.8. The van der Waals surface area contributed by atoms with Crippen molar-refractivity contribution in [3.8, 4) is 0 Å². The average molecular weight is 255 g/mol. The Morgan fingerprint density at radius 2 is 2.11 bits per heavy atom. The summed E-state index contributed by atoms with van der Waals surface area (Å²) in [7, 11) is 0. The number of H-pyrrole nitrogens is 1. The van der Waals surface area contributed by atoms with Crippen LogP contribution in [0.4, 0.5) is 5.69 Å². The number of aromatic amines is 1. The highest BCUT2D eigenvalue weighted by atomic mass is 16.2. The number of rotatable bonds is 2. The quantitative estimate of drug-likeness (QED) is 0.864. The summed E-state index contributed by atoms with van der Waals surface area (Å²) in [5.74, 6) is 0.479. The molecule has 1 fully saturated rings. The van der Waals surface area contributed by atoms with E-state index >= 15 is 0 Å². The minimum atomic E-state index is 0.0372. The molecule has 3 rings (SSSR count). The van der Waals surface area contributed by atoms with Gasteiger partial charge in [-0.1, -0.05) is 30.3 Å². The second-order valence-corrected chi connectivity index (χ2v) is 4.99. The largest absolute Gasteiger partial charge is 0.397 e. The predicted molar refractivity (Wildman–Crippen MR) is 74.9 cm³/mol. The van der Waals surface area contributed by atoms with Crippen LogP contribution in [0.25, 0.3) is 0 Å². The van der Waals surface area contributed by atoms with Gasteiger partial charge in [0.25, 0.3) is 5.91 Å². The van der Waals surface area contributed by atoms with E-state index in [1.165, 1.54) is 5.56 Å². The Bertz CT molecular complexity index is 576. The van der Waals surface area contributed by atoms with Crippen molar-refractivity contribution in [3.05, 3.63) is 53.9 Å². The molecule has 4 heteroatoms. The van der Waals surface area contributed by atoms with Crippen molar-refractivity contribution in [2.45, 2.75) is 12.3 Å². The molecular weight excluding hydrogens is 238 g/mol. The summed E-state index contributed by atoms with van der Waals surface area (Å²) in [6.07, 6.45) is 2.67. The van der Waals surface area contributed by atoms with Crippen LogP contribution < -0.4 is 5.73 Å². The molecule has 1 aliphatic rings. The summed E-state index contributed by atoms with van der Waals surface area (Å²) < 4.78 is 0. The zero-order valence-electron chi connectivity index (χ0n) is 10.7. The lowest BCUT2D eigenvalue weighted by Crippen LogP contribution is -2.28. The molecule has 0 bridgehead atoms. The maximum absolute atomic E-state index is 12.3.